The summed E-state index contributed by atoms with van der Waals surface area (Å²) in [4.78, 5) is 9.49. The van der Waals surface area contributed by atoms with Gasteiger partial charge in [0.15, 0.2) is 0 Å². The molecule has 0 aliphatic carbocycles. The van der Waals surface area contributed by atoms with Crippen molar-refractivity contribution < 1.29 is 23.6 Å². The third kappa shape index (κ3) is 7.95. The van der Waals surface area contributed by atoms with Crippen molar-refractivity contribution in [1.82, 2.24) is 0 Å². The third-order valence-corrected chi connectivity index (χ3v) is 3.94. The van der Waals surface area contributed by atoms with Gasteiger partial charge in [-0.3, -0.25) is 9.05 Å². The summed E-state index contributed by atoms with van der Waals surface area (Å²) in [6.45, 7) is 7.08. The molecule has 0 saturated carbocycles. The first-order valence-electron chi connectivity index (χ1n) is 6.04. The van der Waals surface area contributed by atoms with Crippen LogP contribution < -0.4 is 0 Å². The van der Waals surface area contributed by atoms with Gasteiger partial charge in [-0.25, -0.2) is 4.57 Å². The van der Waals surface area contributed by atoms with E-state index in [1.54, 1.807) is 21.7 Å². The Morgan fingerprint density at radius 2 is 1.94 bits per heavy atom. The molecule has 0 amide bonds. The fourth-order valence-corrected chi connectivity index (χ4v) is 2.54. The highest BCUT2D eigenvalue weighted by molar-refractivity contribution is 7.47. The van der Waals surface area contributed by atoms with Gasteiger partial charge >= 0.3 is 7.82 Å². The molecule has 5 nitrogen and oxygen atoms in total. The van der Waals surface area contributed by atoms with E-state index in [9.17, 15) is 14.6 Å². The second-order valence-electron chi connectivity index (χ2n) is 4.76. The molecule has 0 bridgehead atoms. The van der Waals surface area contributed by atoms with Crippen molar-refractivity contribution in [2.75, 3.05) is 0 Å². The number of aliphatic hydroxyl groups is 1. The summed E-state index contributed by atoms with van der Waals surface area (Å²) >= 11 is 0. The van der Waals surface area contributed by atoms with Gasteiger partial charge in [-0.2, -0.15) is 0 Å². The summed E-state index contributed by atoms with van der Waals surface area (Å²) in [5.74, 6) is 0. The lowest BCUT2D eigenvalue weighted by Crippen LogP contribution is -2.30. The van der Waals surface area contributed by atoms with Gasteiger partial charge in [0.2, 0.25) is 0 Å². The summed E-state index contributed by atoms with van der Waals surface area (Å²) < 4.78 is 21.5. The van der Waals surface area contributed by atoms with Crippen LogP contribution in [0.1, 0.15) is 47.0 Å². The molecule has 7 heteroatoms. The predicted octanol–water partition coefficient (Wildman–Crippen LogP) is 1.43. The summed E-state index contributed by atoms with van der Waals surface area (Å²) in [6.07, 6.45) is 1.15. The number of hydrogen-bond donors (Lipinski definition) is 2. The van der Waals surface area contributed by atoms with Gasteiger partial charge in [-0.05, 0) is 33.1 Å². The molecule has 0 heterocycles. The first-order valence-corrected chi connectivity index (χ1v) is 7.53. The van der Waals surface area contributed by atoms with Crippen LogP contribution in [-0.4, -0.2) is 35.6 Å². The molecule has 4 atom stereocenters. The smallest absolute Gasteiger partial charge is 0.390 e. The van der Waals surface area contributed by atoms with Crippen LogP contribution in [0.5, 0.6) is 0 Å². The zero-order valence-corrected chi connectivity index (χ0v) is 12.2. The quantitative estimate of drug-likeness (QED) is 0.513. The minimum atomic E-state index is -4.03. The monoisotopic (exact) mass is 266 g/mol. The van der Waals surface area contributed by atoms with Crippen LogP contribution in [0.4, 0.5) is 0 Å². The fraction of sp³-hybridized carbons (Fsp3) is 1.00. The molecule has 0 radical (unpaired) electrons. The van der Waals surface area contributed by atoms with Crippen molar-refractivity contribution in [3.05, 3.63) is 0 Å². The lowest BCUT2D eigenvalue weighted by molar-refractivity contribution is 0.0151. The van der Waals surface area contributed by atoms with E-state index in [4.69, 9.17) is 9.05 Å². The zero-order chi connectivity index (χ0) is 13.7. The van der Waals surface area contributed by atoms with Gasteiger partial charge in [0.05, 0.1) is 11.7 Å². The molecular weight excluding hydrogens is 242 g/mol. The van der Waals surface area contributed by atoms with E-state index in [-0.39, 0.29) is 12.5 Å². The molecule has 0 rings (SSSR count). The van der Waals surface area contributed by atoms with E-state index in [1.807, 2.05) is 13.8 Å². The molecule has 0 fully saturated rings. The van der Waals surface area contributed by atoms with Crippen molar-refractivity contribution in [2.45, 2.75) is 64.7 Å². The van der Waals surface area contributed by atoms with E-state index < -0.39 is 19.4 Å². The standard InChI is InChI=1S/C10H24BO5P/c1-5-8(3)15-17(13,14)16-9(11)7-10(4,12)6-2/h8-9,12H,5-7,11H2,1-4H3,(H,13,14). The van der Waals surface area contributed by atoms with Crippen LogP contribution in [0.2, 0.25) is 0 Å². The maximum atomic E-state index is 11.6. The van der Waals surface area contributed by atoms with Gasteiger partial charge in [-0.1, -0.05) is 13.8 Å². The van der Waals surface area contributed by atoms with Crippen LogP contribution in [0.15, 0.2) is 0 Å². The highest BCUT2D eigenvalue weighted by atomic mass is 31.2. The van der Waals surface area contributed by atoms with Crippen LogP contribution in [0.3, 0.4) is 0 Å². The maximum Gasteiger partial charge on any atom is 0.471 e. The Hall–Kier alpha value is 0.135. The Morgan fingerprint density at radius 3 is 2.35 bits per heavy atom. The molecule has 0 saturated heterocycles. The van der Waals surface area contributed by atoms with Crippen molar-refractivity contribution in [3.63, 3.8) is 0 Å². The third-order valence-electron chi connectivity index (χ3n) is 2.69. The minimum Gasteiger partial charge on any atom is -0.390 e. The van der Waals surface area contributed by atoms with Gasteiger partial charge in [0.1, 0.15) is 7.85 Å². The van der Waals surface area contributed by atoms with Crippen molar-refractivity contribution in [2.24, 2.45) is 0 Å². The van der Waals surface area contributed by atoms with Gasteiger partial charge in [0, 0.05) is 6.00 Å². The predicted molar refractivity (Wildman–Crippen MR) is 69.6 cm³/mol. The van der Waals surface area contributed by atoms with E-state index in [2.05, 4.69) is 0 Å². The molecule has 4 unspecified atom stereocenters. The van der Waals surface area contributed by atoms with E-state index in [1.165, 1.54) is 0 Å². The molecule has 0 aliphatic rings. The highest BCUT2D eigenvalue weighted by Crippen LogP contribution is 2.46. The molecule has 0 aromatic rings. The van der Waals surface area contributed by atoms with Crippen molar-refractivity contribution in [1.29, 1.82) is 0 Å². The summed E-state index contributed by atoms with van der Waals surface area (Å²) in [6, 6.07) is -0.537. The average Bonchev–Trinajstić information content (AvgIpc) is 2.14. The van der Waals surface area contributed by atoms with Crippen LogP contribution in [0, 0.1) is 0 Å². The van der Waals surface area contributed by atoms with Crippen LogP contribution >= 0.6 is 7.82 Å². The molecule has 0 aliphatic heterocycles. The lowest BCUT2D eigenvalue weighted by atomic mass is 9.86. The molecule has 17 heavy (non-hydrogen) atoms. The Kier molecular flexibility index (Phi) is 6.96. The molecule has 2 N–H and O–H groups in total. The molecule has 0 aromatic carbocycles. The Balaban J connectivity index is 4.27. The number of rotatable bonds is 8. The topological polar surface area (TPSA) is 76.0 Å². The fourth-order valence-electron chi connectivity index (χ4n) is 1.36. The lowest BCUT2D eigenvalue weighted by Gasteiger charge is -2.27. The average molecular weight is 266 g/mol. The van der Waals surface area contributed by atoms with Crippen molar-refractivity contribution >= 4 is 15.7 Å². The Labute approximate surface area is 105 Å². The first-order chi connectivity index (χ1) is 7.62. The second kappa shape index (κ2) is 6.91. The van der Waals surface area contributed by atoms with E-state index >= 15 is 0 Å². The molecule has 102 valence electrons. The van der Waals surface area contributed by atoms with E-state index in [0.717, 1.165) is 0 Å². The first kappa shape index (κ1) is 17.1. The SMILES string of the molecule is BC(CC(C)(O)CC)OP(=O)(O)OC(C)CC. The summed E-state index contributed by atoms with van der Waals surface area (Å²) in [5.41, 5.74) is -0.893. The van der Waals surface area contributed by atoms with Gasteiger partial charge < -0.3 is 10.00 Å². The number of phosphoric acid groups is 1. The van der Waals surface area contributed by atoms with Gasteiger partial charge in [0.25, 0.3) is 0 Å². The minimum absolute atomic E-state index is 0.290. The Morgan fingerprint density at radius 1 is 1.41 bits per heavy atom. The number of phosphoric ester groups is 1. The largest absolute Gasteiger partial charge is 0.471 e. The van der Waals surface area contributed by atoms with Crippen LogP contribution in [-0.2, 0) is 13.6 Å². The van der Waals surface area contributed by atoms with E-state index in [0.29, 0.717) is 12.8 Å². The summed E-state index contributed by atoms with van der Waals surface area (Å²) in [5, 5.41) is 9.83. The molecular formula is C10H24BO5P. The zero-order valence-electron chi connectivity index (χ0n) is 11.3. The van der Waals surface area contributed by atoms with Crippen LogP contribution in [0.25, 0.3) is 0 Å². The maximum absolute atomic E-state index is 11.6. The second-order valence-corrected chi connectivity index (χ2v) is 6.12. The Bertz CT molecular complexity index is 271. The highest BCUT2D eigenvalue weighted by Gasteiger charge is 2.30. The number of hydrogen-bond acceptors (Lipinski definition) is 4. The summed E-state index contributed by atoms with van der Waals surface area (Å²) in [7, 11) is -2.38. The molecule has 0 aromatic heterocycles. The van der Waals surface area contributed by atoms with Crippen molar-refractivity contribution in [3.8, 4) is 0 Å². The molecule has 0 spiro atoms. The normalized spacial score (nSPS) is 22.5. The van der Waals surface area contributed by atoms with Gasteiger partial charge in [-0.15, -0.1) is 0 Å².